The van der Waals surface area contributed by atoms with Crippen molar-refractivity contribution in [1.82, 2.24) is 8.75 Å². The molecule has 0 aliphatic carbocycles. The number of anilines is 1. The van der Waals surface area contributed by atoms with Gasteiger partial charge >= 0.3 is 11.7 Å². The number of aliphatic carboxylic acids is 1. The summed E-state index contributed by atoms with van der Waals surface area (Å²) in [6.45, 7) is 1.40. The molecule has 1 atom stereocenters. The first-order valence-corrected chi connectivity index (χ1v) is 5.62. The van der Waals surface area contributed by atoms with Crippen molar-refractivity contribution in [3.8, 4) is 0 Å². The van der Waals surface area contributed by atoms with Gasteiger partial charge in [0.2, 0.25) is 0 Å². The van der Waals surface area contributed by atoms with Crippen molar-refractivity contribution >= 4 is 40.1 Å². The highest BCUT2D eigenvalue weighted by Gasteiger charge is 2.23. The van der Waals surface area contributed by atoms with Gasteiger partial charge in [-0.25, -0.2) is 0 Å². The van der Waals surface area contributed by atoms with Gasteiger partial charge in [0.25, 0.3) is 0 Å². The molecule has 0 amide bonds. The number of carboxylic acid groups (broad SMARTS) is 1. The molecule has 8 nitrogen and oxygen atoms in total. The van der Waals surface area contributed by atoms with Crippen molar-refractivity contribution in [3.05, 3.63) is 22.2 Å². The number of rotatable bonds is 4. The number of fused-ring (bicyclic) bond motifs is 1. The number of carboxylic acids is 1. The van der Waals surface area contributed by atoms with E-state index in [1.54, 1.807) is 6.07 Å². The number of aromatic nitrogens is 2. The molecule has 1 heterocycles. The second kappa shape index (κ2) is 4.53. The third kappa shape index (κ3) is 2.07. The fourth-order valence-electron chi connectivity index (χ4n) is 1.43. The van der Waals surface area contributed by atoms with Crippen LogP contribution in [0.15, 0.2) is 12.1 Å². The Labute approximate surface area is 105 Å². The Balaban J connectivity index is 2.52. The molecule has 2 aromatic rings. The average Bonchev–Trinajstić information content (AvgIpc) is 2.75. The summed E-state index contributed by atoms with van der Waals surface area (Å²) in [5.74, 6) is -1.10. The number of hydrogen-bond donors (Lipinski definition) is 2. The molecule has 0 aliphatic heterocycles. The number of benzene rings is 1. The Bertz CT molecular complexity index is 626. The van der Waals surface area contributed by atoms with Gasteiger partial charge in [0.1, 0.15) is 17.2 Å². The summed E-state index contributed by atoms with van der Waals surface area (Å²) in [7, 11) is 0. The van der Waals surface area contributed by atoms with Gasteiger partial charge in [-0.3, -0.25) is 14.9 Å². The van der Waals surface area contributed by atoms with Crippen LogP contribution in [0.25, 0.3) is 11.0 Å². The van der Waals surface area contributed by atoms with Gasteiger partial charge in [-0.1, -0.05) is 0 Å². The highest BCUT2D eigenvalue weighted by molar-refractivity contribution is 7.00. The van der Waals surface area contributed by atoms with E-state index in [4.69, 9.17) is 5.11 Å². The van der Waals surface area contributed by atoms with Crippen LogP contribution in [0, 0.1) is 10.1 Å². The SMILES string of the molecule is C[C@H](Nc1ccc2nsnc2c1[N+](=O)[O-])C(=O)O. The van der Waals surface area contributed by atoms with E-state index in [-0.39, 0.29) is 16.9 Å². The van der Waals surface area contributed by atoms with Crippen LogP contribution < -0.4 is 5.32 Å². The first kappa shape index (κ1) is 12.2. The Hall–Kier alpha value is -2.29. The van der Waals surface area contributed by atoms with Crippen LogP contribution in [0.3, 0.4) is 0 Å². The van der Waals surface area contributed by atoms with E-state index in [0.29, 0.717) is 5.52 Å². The molecule has 0 spiro atoms. The second-order valence-corrected chi connectivity index (χ2v) is 4.08. The molecule has 0 saturated heterocycles. The maximum absolute atomic E-state index is 11.0. The topological polar surface area (TPSA) is 118 Å². The van der Waals surface area contributed by atoms with Gasteiger partial charge in [0.05, 0.1) is 16.7 Å². The summed E-state index contributed by atoms with van der Waals surface area (Å²) in [6, 6.07) is 2.05. The molecule has 0 unspecified atom stereocenters. The van der Waals surface area contributed by atoms with Crippen molar-refractivity contribution in [3.63, 3.8) is 0 Å². The maximum atomic E-state index is 11.0. The molecule has 0 saturated carbocycles. The largest absolute Gasteiger partial charge is 0.480 e. The van der Waals surface area contributed by atoms with Gasteiger partial charge in [-0.05, 0) is 19.1 Å². The minimum absolute atomic E-state index is 0.120. The zero-order chi connectivity index (χ0) is 13.3. The third-order valence-corrected chi connectivity index (χ3v) is 2.87. The summed E-state index contributed by atoms with van der Waals surface area (Å²) in [4.78, 5) is 21.2. The number of nitrogens with zero attached hydrogens (tertiary/aromatic N) is 3. The van der Waals surface area contributed by atoms with E-state index in [1.807, 2.05) is 0 Å². The first-order chi connectivity index (χ1) is 8.50. The molecule has 0 radical (unpaired) electrons. The fourth-order valence-corrected chi connectivity index (χ4v) is 1.97. The molecular formula is C9H8N4O4S. The van der Waals surface area contributed by atoms with Crippen molar-refractivity contribution < 1.29 is 14.8 Å². The number of carbonyl (C=O) groups is 1. The number of nitrogens with one attached hydrogen (secondary N) is 1. The maximum Gasteiger partial charge on any atom is 0.325 e. The lowest BCUT2D eigenvalue weighted by molar-refractivity contribution is -0.382. The minimum atomic E-state index is -1.10. The van der Waals surface area contributed by atoms with Gasteiger partial charge < -0.3 is 10.4 Å². The lowest BCUT2D eigenvalue weighted by Crippen LogP contribution is -2.25. The van der Waals surface area contributed by atoms with Crippen LogP contribution in [0.1, 0.15) is 6.92 Å². The van der Waals surface area contributed by atoms with E-state index in [2.05, 4.69) is 14.1 Å². The highest BCUT2D eigenvalue weighted by Crippen LogP contribution is 2.32. The lowest BCUT2D eigenvalue weighted by atomic mass is 10.2. The Morgan fingerprint density at radius 3 is 2.89 bits per heavy atom. The van der Waals surface area contributed by atoms with Crippen LogP contribution >= 0.6 is 11.7 Å². The molecular weight excluding hydrogens is 260 g/mol. The Kier molecular flexibility index (Phi) is 3.06. The highest BCUT2D eigenvalue weighted by atomic mass is 32.1. The van der Waals surface area contributed by atoms with Crippen LogP contribution in [0.4, 0.5) is 11.4 Å². The van der Waals surface area contributed by atoms with E-state index < -0.39 is 16.9 Å². The third-order valence-electron chi connectivity index (χ3n) is 2.33. The summed E-state index contributed by atoms with van der Waals surface area (Å²) >= 11 is 0.870. The van der Waals surface area contributed by atoms with Crippen molar-refractivity contribution in [2.24, 2.45) is 0 Å². The Morgan fingerprint density at radius 1 is 1.56 bits per heavy atom. The molecule has 2 N–H and O–H groups in total. The zero-order valence-corrected chi connectivity index (χ0v) is 9.97. The smallest absolute Gasteiger partial charge is 0.325 e. The molecule has 1 aromatic heterocycles. The standard InChI is InChI=1S/C9H8N4O4S/c1-4(9(14)15)10-6-3-2-5-7(12-18-11-5)8(6)13(16)17/h2-4,10H,1H3,(H,14,15)/t4-/m0/s1. The van der Waals surface area contributed by atoms with Crippen LogP contribution in [-0.2, 0) is 4.79 Å². The van der Waals surface area contributed by atoms with Gasteiger partial charge in [0, 0.05) is 0 Å². The number of nitro benzene ring substituents is 1. The molecule has 18 heavy (non-hydrogen) atoms. The van der Waals surface area contributed by atoms with E-state index in [1.165, 1.54) is 13.0 Å². The Morgan fingerprint density at radius 2 is 2.28 bits per heavy atom. The number of hydrogen-bond acceptors (Lipinski definition) is 7. The van der Waals surface area contributed by atoms with E-state index >= 15 is 0 Å². The molecule has 0 bridgehead atoms. The van der Waals surface area contributed by atoms with Crippen molar-refractivity contribution in [1.29, 1.82) is 0 Å². The van der Waals surface area contributed by atoms with Crippen molar-refractivity contribution in [2.75, 3.05) is 5.32 Å². The van der Waals surface area contributed by atoms with Crippen LogP contribution in [0.5, 0.6) is 0 Å². The molecule has 0 aliphatic rings. The zero-order valence-electron chi connectivity index (χ0n) is 9.15. The molecule has 94 valence electrons. The average molecular weight is 268 g/mol. The van der Waals surface area contributed by atoms with E-state index in [0.717, 1.165) is 11.7 Å². The first-order valence-electron chi connectivity index (χ1n) is 4.89. The lowest BCUT2D eigenvalue weighted by Gasteiger charge is -2.10. The van der Waals surface area contributed by atoms with E-state index in [9.17, 15) is 14.9 Å². The molecule has 9 heteroatoms. The predicted octanol–water partition coefficient (Wildman–Crippen LogP) is 1.48. The van der Waals surface area contributed by atoms with Crippen molar-refractivity contribution in [2.45, 2.75) is 13.0 Å². The summed E-state index contributed by atoms with van der Waals surface area (Å²) in [5.41, 5.74) is 0.442. The summed E-state index contributed by atoms with van der Waals surface area (Å²) < 4.78 is 7.75. The molecule has 2 rings (SSSR count). The monoisotopic (exact) mass is 268 g/mol. The normalized spacial score (nSPS) is 12.3. The van der Waals surface area contributed by atoms with Gasteiger partial charge in [-0.15, -0.1) is 0 Å². The predicted molar refractivity (Wildman–Crippen MR) is 64.8 cm³/mol. The molecule has 1 aromatic carbocycles. The quantitative estimate of drug-likeness (QED) is 0.636. The number of nitro groups is 1. The summed E-state index contributed by atoms with van der Waals surface area (Å²) in [5, 5.41) is 22.4. The van der Waals surface area contributed by atoms with Crippen LogP contribution in [0.2, 0.25) is 0 Å². The summed E-state index contributed by atoms with van der Waals surface area (Å²) in [6.07, 6.45) is 0. The second-order valence-electron chi connectivity index (χ2n) is 3.56. The minimum Gasteiger partial charge on any atom is -0.480 e. The van der Waals surface area contributed by atoms with Crippen LogP contribution in [-0.4, -0.2) is 30.8 Å². The molecule has 0 fully saturated rings. The van der Waals surface area contributed by atoms with Gasteiger partial charge in [-0.2, -0.15) is 8.75 Å². The van der Waals surface area contributed by atoms with Gasteiger partial charge in [0.15, 0.2) is 5.52 Å². The fraction of sp³-hybridized carbons (Fsp3) is 0.222.